The third-order valence-electron chi connectivity index (χ3n) is 11.2. The van der Waals surface area contributed by atoms with E-state index >= 15 is 0 Å². The molecule has 0 unspecified atom stereocenters. The van der Waals surface area contributed by atoms with Gasteiger partial charge in [0.05, 0.1) is 5.41 Å². The molecule has 3 aliphatic rings. The molecule has 210 valence electrons. The van der Waals surface area contributed by atoms with Gasteiger partial charge in [0.15, 0.2) is 0 Å². The molecule has 8 aromatic rings. The fraction of sp³-hybridized carbons (Fsp3) is 0.0222. The summed E-state index contributed by atoms with van der Waals surface area (Å²) in [5.41, 5.74) is 17.6. The van der Waals surface area contributed by atoms with Crippen molar-refractivity contribution in [3.8, 4) is 33.4 Å². The molecule has 0 N–H and O–H groups in total. The van der Waals surface area contributed by atoms with E-state index in [-0.39, 0.29) is 12.1 Å². The number of hydrogen-bond donors (Lipinski definition) is 0. The zero-order valence-electron chi connectivity index (χ0n) is 25.2. The van der Waals surface area contributed by atoms with E-state index in [1.807, 2.05) is 0 Å². The predicted molar refractivity (Wildman–Crippen MR) is 194 cm³/mol. The molecular formula is C45H27B. The van der Waals surface area contributed by atoms with Crippen LogP contribution in [0.1, 0.15) is 22.3 Å². The van der Waals surface area contributed by atoms with Crippen molar-refractivity contribution in [2.45, 2.75) is 5.41 Å². The first-order valence-electron chi connectivity index (χ1n) is 16.3. The number of benzene rings is 8. The van der Waals surface area contributed by atoms with E-state index in [2.05, 4.69) is 164 Å². The minimum Gasteiger partial charge on any atom is -0.0666 e. The zero-order valence-corrected chi connectivity index (χ0v) is 25.2. The van der Waals surface area contributed by atoms with Gasteiger partial charge in [-0.1, -0.05) is 168 Å². The van der Waals surface area contributed by atoms with Crippen molar-refractivity contribution in [2.75, 3.05) is 0 Å². The van der Waals surface area contributed by atoms with Gasteiger partial charge in [-0.15, -0.1) is 0 Å². The molecule has 46 heavy (non-hydrogen) atoms. The molecule has 1 heteroatoms. The molecule has 0 saturated carbocycles. The molecule has 0 bridgehead atoms. The summed E-state index contributed by atoms with van der Waals surface area (Å²) in [4.78, 5) is 0. The molecule has 0 nitrogen and oxygen atoms in total. The highest BCUT2D eigenvalue weighted by Crippen LogP contribution is 2.57. The van der Waals surface area contributed by atoms with Gasteiger partial charge in [0.2, 0.25) is 6.71 Å². The highest BCUT2D eigenvalue weighted by Gasteiger charge is 2.54. The van der Waals surface area contributed by atoms with Crippen LogP contribution >= 0.6 is 0 Å². The second kappa shape index (κ2) is 8.74. The van der Waals surface area contributed by atoms with E-state index in [1.54, 1.807) is 0 Å². The molecule has 1 aliphatic carbocycles. The summed E-state index contributed by atoms with van der Waals surface area (Å²) in [6.45, 7) is 0.220. The van der Waals surface area contributed by atoms with Crippen LogP contribution in [0.2, 0.25) is 0 Å². The van der Waals surface area contributed by atoms with Gasteiger partial charge in [-0.25, -0.2) is 0 Å². The lowest BCUT2D eigenvalue weighted by molar-refractivity contribution is 0.775. The molecule has 1 spiro atoms. The third-order valence-corrected chi connectivity index (χ3v) is 11.2. The highest BCUT2D eigenvalue weighted by atomic mass is 14.5. The zero-order chi connectivity index (χ0) is 30.0. The molecule has 0 aromatic heterocycles. The Balaban J connectivity index is 1.18. The lowest BCUT2D eigenvalue weighted by atomic mass is 9.32. The van der Waals surface area contributed by atoms with Crippen LogP contribution in [0.15, 0.2) is 164 Å². The summed E-state index contributed by atoms with van der Waals surface area (Å²) in [6, 6.07) is 61.9. The molecule has 2 heterocycles. The van der Waals surface area contributed by atoms with E-state index in [0.717, 1.165) is 0 Å². The van der Waals surface area contributed by atoms with Gasteiger partial charge in [-0.2, -0.15) is 0 Å². The van der Waals surface area contributed by atoms with Crippen LogP contribution < -0.4 is 16.4 Å². The molecular weight excluding hydrogens is 551 g/mol. The van der Waals surface area contributed by atoms with E-state index in [1.165, 1.54) is 93.6 Å². The maximum atomic E-state index is 2.46. The van der Waals surface area contributed by atoms with Crippen molar-refractivity contribution >= 4 is 44.6 Å². The first kappa shape index (κ1) is 24.6. The Bertz CT molecular complexity index is 2560. The first-order chi connectivity index (χ1) is 22.8. The molecule has 8 aromatic carbocycles. The Labute approximate surface area is 268 Å². The van der Waals surface area contributed by atoms with Crippen LogP contribution in [-0.4, -0.2) is 6.71 Å². The van der Waals surface area contributed by atoms with Crippen LogP contribution in [0.25, 0.3) is 54.9 Å². The summed E-state index contributed by atoms with van der Waals surface area (Å²) >= 11 is 0. The average molecular weight is 579 g/mol. The summed E-state index contributed by atoms with van der Waals surface area (Å²) in [5, 5.41) is 5.18. The summed E-state index contributed by atoms with van der Waals surface area (Å²) in [5.74, 6) is 0. The minimum absolute atomic E-state index is 0.220. The minimum atomic E-state index is -0.337. The summed E-state index contributed by atoms with van der Waals surface area (Å²) in [6.07, 6.45) is 0. The molecule has 11 rings (SSSR count). The van der Waals surface area contributed by atoms with E-state index in [0.29, 0.717) is 0 Å². The molecule has 0 fully saturated rings. The maximum absolute atomic E-state index is 2.46. The van der Waals surface area contributed by atoms with E-state index in [4.69, 9.17) is 0 Å². The maximum Gasteiger partial charge on any atom is 0.243 e. The average Bonchev–Trinajstić information content (AvgIpc) is 3.62. The molecule has 0 amide bonds. The van der Waals surface area contributed by atoms with Crippen molar-refractivity contribution in [1.29, 1.82) is 0 Å². The lowest BCUT2D eigenvalue weighted by Crippen LogP contribution is -2.59. The second-order valence-electron chi connectivity index (χ2n) is 13.2. The summed E-state index contributed by atoms with van der Waals surface area (Å²) in [7, 11) is 0. The Kier molecular flexibility index (Phi) is 4.68. The molecule has 0 saturated heterocycles. The van der Waals surface area contributed by atoms with Crippen LogP contribution in [-0.2, 0) is 5.41 Å². The van der Waals surface area contributed by atoms with Crippen LogP contribution in [0.5, 0.6) is 0 Å². The number of hydrogen-bond acceptors (Lipinski definition) is 0. The topological polar surface area (TPSA) is 0 Å². The molecule has 2 aliphatic heterocycles. The van der Waals surface area contributed by atoms with Crippen molar-refractivity contribution in [2.24, 2.45) is 0 Å². The second-order valence-corrected chi connectivity index (χ2v) is 13.2. The number of rotatable bonds is 1. The SMILES string of the molecule is c1ccc2c(c1)B1c3ccc(-c4ccc5ccc6ccccc6c5c4)cc3-c3cccc(c31)C21c2ccccc2-c2ccccc21. The predicted octanol–water partition coefficient (Wildman–Crippen LogP) is 8.83. The Hall–Kier alpha value is -5.66. The first-order valence-corrected chi connectivity index (χ1v) is 16.3. The summed E-state index contributed by atoms with van der Waals surface area (Å²) < 4.78 is 0. The monoisotopic (exact) mass is 578 g/mol. The Morgan fingerprint density at radius 1 is 0.348 bits per heavy atom. The van der Waals surface area contributed by atoms with Gasteiger partial charge < -0.3 is 0 Å². The van der Waals surface area contributed by atoms with Gasteiger partial charge >= 0.3 is 0 Å². The normalized spacial score (nSPS) is 14.2. The van der Waals surface area contributed by atoms with Gasteiger partial charge in [0.25, 0.3) is 0 Å². The standard InChI is InChI=1S/C45H27B/c1-2-11-32-28(10-1)20-21-29-22-23-30(26-36(29)32)31-24-25-42-37(27-31)35-14-9-18-41-44(35)46(42)43-19-8-7-17-40(43)45(41)38-15-5-3-12-33(38)34-13-4-6-16-39(34)45/h1-27H. The van der Waals surface area contributed by atoms with Crippen molar-refractivity contribution in [3.63, 3.8) is 0 Å². The van der Waals surface area contributed by atoms with Crippen molar-refractivity contribution in [1.82, 2.24) is 0 Å². The van der Waals surface area contributed by atoms with Gasteiger partial charge in [-0.3, -0.25) is 0 Å². The molecule has 0 atom stereocenters. The Morgan fingerprint density at radius 3 is 1.76 bits per heavy atom. The van der Waals surface area contributed by atoms with E-state index < -0.39 is 0 Å². The van der Waals surface area contributed by atoms with Crippen molar-refractivity contribution in [3.05, 3.63) is 186 Å². The molecule has 0 radical (unpaired) electrons. The highest BCUT2D eigenvalue weighted by molar-refractivity contribution is 7.00. The number of fused-ring (bicyclic) bond motifs is 15. The largest absolute Gasteiger partial charge is 0.243 e. The van der Waals surface area contributed by atoms with Crippen molar-refractivity contribution < 1.29 is 0 Å². The Morgan fingerprint density at radius 2 is 0.935 bits per heavy atom. The van der Waals surface area contributed by atoms with Gasteiger partial charge in [0.1, 0.15) is 0 Å². The third kappa shape index (κ3) is 2.92. The smallest absolute Gasteiger partial charge is 0.0666 e. The van der Waals surface area contributed by atoms with Gasteiger partial charge in [-0.05, 0) is 89.3 Å². The quantitative estimate of drug-likeness (QED) is 0.135. The fourth-order valence-corrected chi connectivity index (χ4v) is 9.37. The van der Waals surface area contributed by atoms with Crippen LogP contribution in [0.3, 0.4) is 0 Å². The lowest BCUT2D eigenvalue weighted by Gasteiger charge is -2.42. The van der Waals surface area contributed by atoms with E-state index in [9.17, 15) is 0 Å². The fourth-order valence-electron chi connectivity index (χ4n) is 9.37. The van der Waals surface area contributed by atoms with Gasteiger partial charge in [0, 0.05) is 0 Å². The van der Waals surface area contributed by atoms with Crippen LogP contribution in [0, 0.1) is 0 Å². The van der Waals surface area contributed by atoms with Crippen LogP contribution in [0.4, 0.5) is 0 Å².